The SMILES string of the molecule is CC(=O)c1c(N)nc2n(c1=O)CCCC2. The van der Waals surface area contributed by atoms with Crippen molar-refractivity contribution in [1.82, 2.24) is 9.55 Å². The van der Waals surface area contributed by atoms with E-state index in [9.17, 15) is 9.59 Å². The number of carbonyl (C=O) groups is 1. The summed E-state index contributed by atoms with van der Waals surface area (Å²) in [6.45, 7) is 1.98. The number of nitrogens with two attached hydrogens (primary N) is 1. The Hall–Kier alpha value is -1.65. The van der Waals surface area contributed by atoms with Gasteiger partial charge in [0.25, 0.3) is 5.56 Å². The summed E-state index contributed by atoms with van der Waals surface area (Å²) < 4.78 is 1.57. The lowest BCUT2D eigenvalue weighted by Crippen LogP contribution is -2.33. The molecule has 0 bridgehead atoms. The first kappa shape index (κ1) is 9.89. The maximum absolute atomic E-state index is 11.9. The van der Waals surface area contributed by atoms with Crippen LogP contribution in [0.4, 0.5) is 5.82 Å². The number of hydrogen-bond acceptors (Lipinski definition) is 4. The Morgan fingerprint density at radius 1 is 1.47 bits per heavy atom. The Morgan fingerprint density at radius 3 is 2.87 bits per heavy atom. The zero-order valence-electron chi connectivity index (χ0n) is 8.62. The number of rotatable bonds is 1. The van der Waals surface area contributed by atoms with Crippen molar-refractivity contribution in [3.63, 3.8) is 0 Å². The quantitative estimate of drug-likeness (QED) is 0.674. The van der Waals surface area contributed by atoms with Gasteiger partial charge in [-0.05, 0) is 19.8 Å². The highest BCUT2D eigenvalue weighted by Gasteiger charge is 2.19. The minimum atomic E-state index is -0.314. The molecule has 0 radical (unpaired) electrons. The molecule has 0 unspecified atom stereocenters. The van der Waals surface area contributed by atoms with Gasteiger partial charge in [0.15, 0.2) is 5.78 Å². The minimum Gasteiger partial charge on any atom is -0.383 e. The van der Waals surface area contributed by atoms with Crippen molar-refractivity contribution >= 4 is 11.6 Å². The van der Waals surface area contributed by atoms with Gasteiger partial charge in [-0.2, -0.15) is 0 Å². The Labute approximate surface area is 86.9 Å². The molecule has 2 N–H and O–H groups in total. The highest BCUT2D eigenvalue weighted by molar-refractivity contribution is 5.97. The number of carbonyl (C=O) groups excluding carboxylic acids is 1. The molecule has 0 spiro atoms. The first-order chi connectivity index (χ1) is 7.11. The third-order valence-corrected chi connectivity index (χ3v) is 2.66. The zero-order chi connectivity index (χ0) is 11.0. The van der Waals surface area contributed by atoms with Crippen LogP contribution < -0.4 is 11.3 Å². The number of fused-ring (bicyclic) bond motifs is 1. The Kier molecular flexibility index (Phi) is 2.30. The molecule has 5 nitrogen and oxygen atoms in total. The van der Waals surface area contributed by atoms with Crippen LogP contribution in [0.1, 0.15) is 35.9 Å². The van der Waals surface area contributed by atoms with E-state index in [1.165, 1.54) is 6.92 Å². The molecule has 2 rings (SSSR count). The monoisotopic (exact) mass is 207 g/mol. The molecule has 1 aliphatic rings. The number of hydrogen-bond donors (Lipinski definition) is 1. The van der Waals surface area contributed by atoms with Gasteiger partial charge in [-0.1, -0.05) is 0 Å². The van der Waals surface area contributed by atoms with Gasteiger partial charge in [0, 0.05) is 13.0 Å². The van der Waals surface area contributed by atoms with Crippen molar-refractivity contribution in [3.05, 3.63) is 21.7 Å². The second-order valence-electron chi connectivity index (χ2n) is 3.76. The van der Waals surface area contributed by atoms with Crippen molar-refractivity contribution in [1.29, 1.82) is 0 Å². The van der Waals surface area contributed by atoms with E-state index in [0.29, 0.717) is 12.4 Å². The number of anilines is 1. The van der Waals surface area contributed by atoms with Crippen LogP contribution in [-0.4, -0.2) is 15.3 Å². The molecule has 15 heavy (non-hydrogen) atoms. The summed E-state index contributed by atoms with van der Waals surface area (Å²) in [5.41, 5.74) is 5.34. The molecule has 0 aliphatic carbocycles. The minimum absolute atomic E-state index is 0.0284. The Balaban J connectivity index is 2.70. The molecule has 0 aromatic carbocycles. The van der Waals surface area contributed by atoms with Crippen molar-refractivity contribution in [2.24, 2.45) is 0 Å². The van der Waals surface area contributed by atoms with E-state index in [4.69, 9.17) is 5.73 Å². The molecule has 0 atom stereocenters. The van der Waals surface area contributed by atoms with Crippen LogP contribution in [-0.2, 0) is 13.0 Å². The summed E-state index contributed by atoms with van der Waals surface area (Å²) in [4.78, 5) is 27.3. The van der Waals surface area contributed by atoms with Gasteiger partial charge in [-0.15, -0.1) is 0 Å². The van der Waals surface area contributed by atoms with Gasteiger partial charge < -0.3 is 5.73 Å². The lowest BCUT2D eigenvalue weighted by molar-refractivity contribution is 0.101. The molecular weight excluding hydrogens is 194 g/mol. The third-order valence-electron chi connectivity index (χ3n) is 2.66. The van der Waals surface area contributed by atoms with E-state index in [-0.39, 0.29) is 22.7 Å². The lowest BCUT2D eigenvalue weighted by atomic mass is 10.1. The third kappa shape index (κ3) is 1.54. The van der Waals surface area contributed by atoms with Gasteiger partial charge in [-0.25, -0.2) is 4.98 Å². The summed E-state index contributed by atoms with van der Waals surface area (Å²) in [5, 5.41) is 0. The first-order valence-corrected chi connectivity index (χ1v) is 5.01. The number of aryl methyl sites for hydroxylation is 1. The maximum atomic E-state index is 11.9. The van der Waals surface area contributed by atoms with E-state index in [1.54, 1.807) is 4.57 Å². The van der Waals surface area contributed by atoms with Crippen molar-refractivity contribution in [2.75, 3.05) is 5.73 Å². The zero-order valence-corrected chi connectivity index (χ0v) is 8.62. The first-order valence-electron chi connectivity index (χ1n) is 5.01. The number of nitrogen functional groups attached to an aromatic ring is 1. The fourth-order valence-corrected chi connectivity index (χ4v) is 1.92. The van der Waals surface area contributed by atoms with Gasteiger partial charge in [0.1, 0.15) is 17.2 Å². The second-order valence-corrected chi connectivity index (χ2v) is 3.76. The van der Waals surface area contributed by atoms with Gasteiger partial charge in [0.2, 0.25) is 0 Å². The topological polar surface area (TPSA) is 78.0 Å². The fourth-order valence-electron chi connectivity index (χ4n) is 1.92. The highest BCUT2D eigenvalue weighted by Crippen LogP contribution is 2.13. The molecule has 2 heterocycles. The molecular formula is C10H13N3O2. The van der Waals surface area contributed by atoms with Crippen molar-refractivity contribution in [3.8, 4) is 0 Å². The van der Waals surface area contributed by atoms with E-state index in [1.807, 2.05) is 0 Å². The van der Waals surface area contributed by atoms with E-state index >= 15 is 0 Å². The van der Waals surface area contributed by atoms with Crippen LogP contribution in [0, 0.1) is 0 Å². The summed E-state index contributed by atoms with van der Waals surface area (Å²) in [7, 11) is 0. The number of ketones is 1. The summed E-state index contributed by atoms with van der Waals surface area (Å²) in [6.07, 6.45) is 2.73. The van der Waals surface area contributed by atoms with Gasteiger partial charge in [0.05, 0.1) is 0 Å². The molecule has 1 aromatic heterocycles. The predicted octanol–water partition coefficient (Wildman–Crippen LogP) is 0.364. The van der Waals surface area contributed by atoms with E-state index in [2.05, 4.69) is 4.98 Å². The summed E-state index contributed by atoms with van der Waals surface area (Å²) >= 11 is 0. The van der Waals surface area contributed by atoms with E-state index < -0.39 is 0 Å². The molecule has 0 saturated carbocycles. The number of Topliss-reactive ketones (excluding diaryl/α,β-unsaturated/α-hetero) is 1. The van der Waals surface area contributed by atoms with Crippen LogP contribution >= 0.6 is 0 Å². The van der Waals surface area contributed by atoms with Crippen LogP contribution in [0.2, 0.25) is 0 Å². The van der Waals surface area contributed by atoms with Gasteiger partial charge >= 0.3 is 0 Å². The molecule has 0 fully saturated rings. The summed E-state index contributed by atoms with van der Waals surface area (Å²) in [5.74, 6) is 0.459. The molecule has 80 valence electrons. The molecule has 1 aliphatic heterocycles. The maximum Gasteiger partial charge on any atom is 0.266 e. The predicted molar refractivity (Wildman–Crippen MR) is 55.9 cm³/mol. The van der Waals surface area contributed by atoms with Gasteiger partial charge in [-0.3, -0.25) is 14.2 Å². The molecule has 1 aromatic rings. The fraction of sp³-hybridized carbons (Fsp3) is 0.500. The lowest BCUT2D eigenvalue weighted by Gasteiger charge is -2.18. The second kappa shape index (κ2) is 3.49. The van der Waals surface area contributed by atoms with E-state index in [0.717, 1.165) is 19.3 Å². The summed E-state index contributed by atoms with van der Waals surface area (Å²) in [6, 6.07) is 0. The number of nitrogens with zero attached hydrogens (tertiary/aromatic N) is 2. The molecule has 5 heteroatoms. The van der Waals surface area contributed by atoms with Crippen LogP contribution in [0.25, 0.3) is 0 Å². The normalized spacial score (nSPS) is 14.7. The smallest absolute Gasteiger partial charge is 0.266 e. The standard InChI is InChI=1S/C10H13N3O2/c1-6(14)8-9(11)12-7-4-2-3-5-13(7)10(8)15/h2-5,11H2,1H3. The van der Waals surface area contributed by atoms with Crippen LogP contribution in [0.15, 0.2) is 4.79 Å². The Morgan fingerprint density at radius 2 is 2.20 bits per heavy atom. The van der Waals surface area contributed by atoms with Crippen LogP contribution in [0.5, 0.6) is 0 Å². The molecule has 0 amide bonds. The van der Waals surface area contributed by atoms with Crippen molar-refractivity contribution < 1.29 is 4.79 Å². The number of aromatic nitrogens is 2. The largest absolute Gasteiger partial charge is 0.383 e. The highest BCUT2D eigenvalue weighted by atomic mass is 16.1. The average molecular weight is 207 g/mol. The molecule has 0 saturated heterocycles. The Bertz CT molecular complexity index is 476. The van der Waals surface area contributed by atoms with Crippen molar-refractivity contribution in [2.45, 2.75) is 32.7 Å². The van der Waals surface area contributed by atoms with Crippen LogP contribution in [0.3, 0.4) is 0 Å². The average Bonchev–Trinajstić information content (AvgIpc) is 2.17.